The minimum Gasteiger partial charge on any atom is -0.359 e. The Morgan fingerprint density at radius 2 is 1.78 bits per heavy atom. The molecule has 0 spiro atoms. The number of allylic oxidation sites excluding steroid dienone is 1. The summed E-state index contributed by atoms with van der Waals surface area (Å²) < 4.78 is 0. The normalized spacial score (nSPS) is 21.3. The van der Waals surface area contributed by atoms with Gasteiger partial charge >= 0.3 is 0 Å². The lowest BCUT2D eigenvalue weighted by molar-refractivity contribution is -0.118. The molecule has 1 atom stereocenters. The summed E-state index contributed by atoms with van der Waals surface area (Å²) in [5, 5.41) is 3.64. The Bertz CT molecular complexity index is 908. The molecule has 0 bridgehead atoms. The molecule has 2 aliphatic rings. The molecule has 1 aliphatic carbocycles. The maximum absolute atomic E-state index is 13.3. The SMILES string of the molecule is CCN1c2ccccc2NC2=C(C(=O)CC(C)(C)C2)[C@H]1c1ccc(C)cc1. The minimum absolute atomic E-state index is 0.0168. The second-order valence-corrected chi connectivity index (χ2v) is 8.57. The molecule has 0 radical (unpaired) electrons. The number of aryl methyl sites for hydroxylation is 1. The number of hydrogen-bond donors (Lipinski definition) is 1. The van der Waals surface area contributed by atoms with Crippen molar-refractivity contribution in [1.29, 1.82) is 0 Å². The van der Waals surface area contributed by atoms with Gasteiger partial charge in [0, 0.05) is 24.2 Å². The summed E-state index contributed by atoms with van der Waals surface area (Å²) >= 11 is 0. The Kier molecular flexibility index (Phi) is 4.33. The number of carbonyl (C=O) groups is 1. The van der Waals surface area contributed by atoms with E-state index in [2.05, 4.69) is 86.4 Å². The van der Waals surface area contributed by atoms with Gasteiger partial charge in [-0.25, -0.2) is 0 Å². The van der Waals surface area contributed by atoms with Gasteiger partial charge in [-0.15, -0.1) is 0 Å². The number of nitrogens with one attached hydrogen (secondary N) is 1. The zero-order chi connectivity index (χ0) is 19.2. The number of nitrogens with zero attached hydrogens (tertiary/aromatic N) is 1. The van der Waals surface area contributed by atoms with Crippen molar-refractivity contribution in [2.75, 3.05) is 16.8 Å². The molecule has 4 rings (SSSR count). The molecule has 2 aromatic rings. The van der Waals surface area contributed by atoms with E-state index in [4.69, 9.17) is 0 Å². The Balaban J connectivity index is 1.96. The summed E-state index contributed by atoms with van der Waals surface area (Å²) in [5.74, 6) is 0.269. The third kappa shape index (κ3) is 3.16. The predicted molar refractivity (Wildman–Crippen MR) is 112 cm³/mol. The van der Waals surface area contributed by atoms with Crippen molar-refractivity contribution in [3.05, 3.63) is 70.9 Å². The lowest BCUT2D eigenvalue weighted by Crippen LogP contribution is -2.36. The summed E-state index contributed by atoms with van der Waals surface area (Å²) in [6, 6.07) is 17.0. The van der Waals surface area contributed by atoms with Crippen molar-refractivity contribution in [3.63, 3.8) is 0 Å². The molecule has 0 saturated carbocycles. The highest BCUT2D eigenvalue weighted by atomic mass is 16.1. The fraction of sp³-hybridized carbons (Fsp3) is 0.375. The van der Waals surface area contributed by atoms with E-state index in [0.717, 1.165) is 35.6 Å². The molecule has 2 aromatic carbocycles. The molecule has 140 valence electrons. The number of anilines is 2. The smallest absolute Gasteiger partial charge is 0.163 e. The number of fused-ring (bicyclic) bond motifs is 1. The van der Waals surface area contributed by atoms with Crippen molar-refractivity contribution in [2.24, 2.45) is 5.41 Å². The average molecular weight is 361 g/mol. The largest absolute Gasteiger partial charge is 0.359 e. The van der Waals surface area contributed by atoms with E-state index >= 15 is 0 Å². The molecule has 0 aromatic heterocycles. The van der Waals surface area contributed by atoms with Crippen molar-refractivity contribution in [3.8, 4) is 0 Å². The highest BCUT2D eigenvalue weighted by molar-refractivity contribution is 6.01. The van der Waals surface area contributed by atoms with E-state index in [1.54, 1.807) is 0 Å². The summed E-state index contributed by atoms with van der Waals surface area (Å²) in [5.41, 5.74) is 6.68. The quantitative estimate of drug-likeness (QED) is 0.753. The summed E-state index contributed by atoms with van der Waals surface area (Å²) in [6.45, 7) is 9.48. The van der Waals surface area contributed by atoms with E-state index in [9.17, 15) is 4.79 Å². The Morgan fingerprint density at radius 1 is 1.07 bits per heavy atom. The first kappa shape index (κ1) is 17.8. The van der Waals surface area contributed by atoms with Crippen LogP contribution in [0.15, 0.2) is 59.8 Å². The van der Waals surface area contributed by atoms with Crippen LogP contribution in [0.3, 0.4) is 0 Å². The molecule has 0 unspecified atom stereocenters. The number of carbonyl (C=O) groups excluding carboxylic acids is 1. The van der Waals surface area contributed by atoms with Crippen LogP contribution < -0.4 is 10.2 Å². The molecule has 0 saturated heterocycles. The van der Waals surface area contributed by atoms with E-state index < -0.39 is 0 Å². The molecule has 3 heteroatoms. The highest BCUT2D eigenvalue weighted by Crippen LogP contribution is 2.47. The van der Waals surface area contributed by atoms with Crippen LogP contribution >= 0.6 is 0 Å². The van der Waals surface area contributed by atoms with Crippen LogP contribution in [0.4, 0.5) is 11.4 Å². The predicted octanol–water partition coefficient (Wildman–Crippen LogP) is 5.63. The molecular formula is C24H28N2O. The van der Waals surface area contributed by atoms with E-state index in [1.807, 2.05) is 0 Å². The monoisotopic (exact) mass is 360 g/mol. The van der Waals surface area contributed by atoms with Gasteiger partial charge in [0.2, 0.25) is 0 Å². The van der Waals surface area contributed by atoms with Crippen molar-refractivity contribution >= 4 is 17.2 Å². The summed E-state index contributed by atoms with van der Waals surface area (Å²) in [4.78, 5) is 15.7. The second-order valence-electron chi connectivity index (χ2n) is 8.57. The van der Waals surface area contributed by atoms with Crippen molar-refractivity contribution in [2.45, 2.75) is 46.6 Å². The summed E-state index contributed by atoms with van der Waals surface area (Å²) in [7, 11) is 0. The van der Waals surface area contributed by atoms with Crippen LogP contribution in [0, 0.1) is 12.3 Å². The Hall–Kier alpha value is -2.55. The number of likely N-dealkylation sites (N-methyl/N-ethyl adjacent to an activating group) is 1. The molecule has 3 nitrogen and oxygen atoms in total. The third-order valence-electron chi connectivity index (χ3n) is 5.74. The standard InChI is InChI=1S/C24H28N2O/c1-5-26-20-9-7-6-8-18(20)25-19-14-24(3,4)15-21(27)22(19)23(26)17-12-10-16(2)11-13-17/h6-13,23,25H,5,14-15H2,1-4H3/t23-/m1/s1. The molecule has 0 amide bonds. The number of Topliss-reactive ketones (excluding diaryl/α,β-unsaturated/α-hetero) is 1. The molecule has 0 fully saturated rings. The topological polar surface area (TPSA) is 32.3 Å². The summed E-state index contributed by atoms with van der Waals surface area (Å²) in [6.07, 6.45) is 1.49. The van der Waals surface area contributed by atoms with Gasteiger partial charge in [0.05, 0.1) is 17.4 Å². The number of rotatable bonds is 2. The number of ketones is 1. The van der Waals surface area contributed by atoms with Gasteiger partial charge in [-0.1, -0.05) is 55.8 Å². The average Bonchev–Trinajstić information content (AvgIpc) is 2.75. The van der Waals surface area contributed by atoms with Gasteiger partial charge in [-0.3, -0.25) is 4.79 Å². The molecule has 27 heavy (non-hydrogen) atoms. The first-order valence-electron chi connectivity index (χ1n) is 9.85. The third-order valence-corrected chi connectivity index (χ3v) is 5.74. The highest BCUT2D eigenvalue weighted by Gasteiger charge is 2.40. The lowest BCUT2D eigenvalue weighted by atomic mass is 9.73. The van der Waals surface area contributed by atoms with Crippen LogP contribution in [-0.2, 0) is 4.79 Å². The number of benzene rings is 2. The van der Waals surface area contributed by atoms with Crippen LogP contribution in [0.25, 0.3) is 0 Å². The molecule has 1 heterocycles. The van der Waals surface area contributed by atoms with Crippen LogP contribution in [0.5, 0.6) is 0 Å². The van der Waals surface area contributed by atoms with Crippen molar-refractivity contribution < 1.29 is 4.79 Å². The molecular weight excluding hydrogens is 332 g/mol. The Morgan fingerprint density at radius 3 is 2.48 bits per heavy atom. The first-order chi connectivity index (χ1) is 12.9. The second kappa shape index (κ2) is 6.56. The van der Waals surface area contributed by atoms with Gasteiger partial charge in [0.15, 0.2) is 5.78 Å². The zero-order valence-electron chi connectivity index (χ0n) is 16.7. The van der Waals surface area contributed by atoms with E-state index in [-0.39, 0.29) is 17.2 Å². The van der Waals surface area contributed by atoms with Crippen LogP contribution in [0.1, 0.15) is 50.8 Å². The molecule has 1 N–H and O–H groups in total. The molecule has 1 aliphatic heterocycles. The maximum atomic E-state index is 13.3. The minimum atomic E-state index is -0.0506. The van der Waals surface area contributed by atoms with Gasteiger partial charge in [0.25, 0.3) is 0 Å². The first-order valence-corrected chi connectivity index (χ1v) is 9.85. The van der Waals surface area contributed by atoms with Crippen LogP contribution in [-0.4, -0.2) is 12.3 Å². The van der Waals surface area contributed by atoms with E-state index in [1.165, 1.54) is 11.1 Å². The zero-order valence-corrected chi connectivity index (χ0v) is 16.7. The van der Waals surface area contributed by atoms with Crippen LogP contribution in [0.2, 0.25) is 0 Å². The Labute approximate surface area is 162 Å². The maximum Gasteiger partial charge on any atom is 0.163 e. The number of hydrogen-bond acceptors (Lipinski definition) is 3. The fourth-order valence-corrected chi connectivity index (χ4v) is 4.50. The number of para-hydroxylation sites is 2. The fourth-order valence-electron chi connectivity index (χ4n) is 4.50. The lowest BCUT2D eigenvalue weighted by Gasteiger charge is -2.37. The van der Waals surface area contributed by atoms with Gasteiger partial charge in [-0.2, -0.15) is 0 Å². The van der Waals surface area contributed by atoms with Gasteiger partial charge < -0.3 is 10.2 Å². The van der Waals surface area contributed by atoms with Crippen molar-refractivity contribution in [1.82, 2.24) is 0 Å². The van der Waals surface area contributed by atoms with Gasteiger partial charge in [0.1, 0.15) is 0 Å². The van der Waals surface area contributed by atoms with Gasteiger partial charge in [-0.05, 0) is 43.4 Å². The van der Waals surface area contributed by atoms with E-state index in [0.29, 0.717) is 6.42 Å².